The first kappa shape index (κ1) is 17.3. The van der Waals surface area contributed by atoms with Crippen LogP contribution in [-0.4, -0.2) is 36.9 Å². The number of ether oxygens (including phenoxy) is 1. The first-order valence-corrected chi connectivity index (χ1v) is 7.07. The van der Waals surface area contributed by atoms with Crippen molar-refractivity contribution in [1.29, 1.82) is 0 Å². The number of amides is 2. The standard InChI is InChI=1S/C14H19ClN2O4/c1-2-7-21-8-3-6-16-14(20)17-12-5-4-10(15)9-11(12)13(18)19/h4-5,9H,2-3,6-8H2,1H3,(H,18,19)(H2,16,17,20). The molecule has 0 bridgehead atoms. The van der Waals surface area contributed by atoms with Crippen molar-refractivity contribution >= 4 is 29.3 Å². The molecule has 0 aliphatic heterocycles. The SMILES string of the molecule is CCCOCCCNC(=O)Nc1ccc(Cl)cc1C(=O)O. The van der Waals surface area contributed by atoms with Gasteiger partial charge in [0.15, 0.2) is 0 Å². The zero-order valence-electron chi connectivity index (χ0n) is 11.8. The van der Waals surface area contributed by atoms with Crippen molar-refractivity contribution in [1.82, 2.24) is 5.32 Å². The topological polar surface area (TPSA) is 87.7 Å². The molecule has 0 saturated heterocycles. The van der Waals surface area contributed by atoms with Crippen molar-refractivity contribution in [2.75, 3.05) is 25.1 Å². The maximum atomic E-state index is 11.7. The monoisotopic (exact) mass is 314 g/mol. The van der Waals surface area contributed by atoms with E-state index in [1.165, 1.54) is 18.2 Å². The van der Waals surface area contributed by atoms with E-state index in [-0.39, 0.29) is 11.3 Å². The zero-order valence-corrected chi connectivity index (χ0v) is 12.6. The molecule has 0 atom stereocenters. The van der Waals surface area contributed by atoms with Crippen molar-refractivity contribution in [3.63, 3.8) is 0 Å². The molecule has 116 valence electrons. The number of anilines is 1. The second kappa shape index (κ2) is 9.20. The average Bonchev–Trinajstić information content (AvgIpc) is 2.44. The molecule has 2 amide bonds. The molecule has 0 aliphatic rings. The van der Waals surface area contributed by atoms with Crippen LogP contribution in [0.15, 0.2) is 18.2 Å². The molecule has 0 aliphatic carbocycles. The van der Waals surface area contributed by atoms with Crippen LogP contribution in [0.25, 0.3) is 0 Å². The molecule has 1 rings (SSSR count). The Bertz CT molecular complexity index is 494. The van der Waals surface area contributed by atoms with Crippen LogP contribution in [0, 0.1) is 0 Å². The highest BCUT2D eigenvalue weighted by molar-refractivity contribution is 6.31. The number of hydrogen-bond acceptors (Lipinski definition) is 3. The number of urea groups is 1. The quantitative estimate of drug-likeness (QED) is 0.644. The fourth-order valence-corrected chi connectivity index (χ4v) is 1.76. The molecule has 7 heteroatoms. The van der Waals surface area contributed by atoms with Crippen LogP contribution in [0.2, 0.25) is 5.02 Å². The number of nitrogens with one attached hydrogen (secondary N) is 2. The van der Waals surface area contributed by atoms with Gasteiger partial charge in [-0.05, 0) is 31.0 Å². The van der Waals surface area contributed by atoms with Crippen LogP contribution in [0.5, 0.6) is 0 Å². The van der Waals surface area contributed by atoms with Crippen LogP contribution >= 0.6 is 11.6 Å². The maximum absolute atomic E-state index is 11.7. The summed E-state index contributed by atoms with van der Waals surface area (Å²) >= 11 is 5.74. The van der Waals surface area contributed by atoms with E-state index in [4.69, 9.17) is 21.4 Å². The first-order valence-electron chi connectivity index (χ1n) is 6.70. The lowest BCUT2D eigenvalue weighted by Gasteiger charge is -2.10. The van der Waals surface area contributed by atoms with E-state index in [0.717, 1.165) is 6.42 Å². The van der Waals surface area contributed by atoms with Crippen molar-refractivity contribution in [3.8, 4) is 0 Å². The molecular formula is C14H19ClN2O4. The number of benzene rings is 1. The second-order valence-electron chi connectivity index (χ2n) is 4.34. The lowest BCUT2D eigenvalue weighted by Crippen LogP contribution is -2.30. The number of rotatable bonds is 8. The summed E-state index contributed by atoms with van der Waals surface area (Å²) in [5.74, 6) is -1.15. The van der Waals surface area contributed by atoms with Gasteiger partial charge in [-0.15, -0.1) is 0 Å². The predicted octanol–water partition coefficient (Wildman–Crippen LogP) is 2.98. The molecule has 1 aromatic rings. The number of carbonyl (C=O) groups is 2. The third kappa shape index (κ3) is 6.46. The summed E-state index contributed by atoms with van der Waals surface area (Å²) in [5, 5.41) is 14.5. The van der Waals surface area contributed by atoms with E-state index in [2.05, 4.69) is 10.6 Å². The molecule has 0 spiro atoms. The highest BCUT2D eigenvalue weighted by Gasteiger charge is 2.12. The first-order chi connectivity index (χ1) is 10.0. The van der Waals surface area contributed by atoms with E-state index in [1.807, 2.05) is 6.92 Å². The fraction of sp³-hybridized carbons (Fsp3) is 0.429. The van der Waals surface area contributed by atoms with E-state index in [9.17, 15) is 9.59 Å². The van der Waals surface area contributed by atoms with E-state index >= 15 is 0 Å². The molecular weight excluding hydrogens is 296 g/mol. The Hall–Kier alpha value is -1.79. The predicted molar refractivity (Wildman–Crippen MR) is 81.2 cm³/mol. The van der Waals surface area contributed by atoms with Gasteiger partial charge in [-0.3, -0.25) is 0 Å². The van der Waals surface area contributed by atoms with Crippen LogP contribution in [0.3, 0.4) is 0 Å². The summed E-state index contributed by atoms with van der Waals surface area (Å²) in [5.41, 5.74) is 0.149. The lowest BCUT2D eigenvalue weighted by atomic mass is 10.2. The highest BCUT2D eigenvalue weighted by atomic mass is 35.5. The van der Waals surface area contributed by atoms with Gasteiger partial charge in [0.05, 0.1) is 11.3 Å². The van der Waals surface area contributed by atoms with E-state index in [0.29, 0.717) is 31.2 Å². The fourth-order valence-electron chi connectivity index (χ4n) is 1.59. The number of carbonyl (C=O) groups excluding carboxylic acids is 1. The normalized spacial score (nSPS) is 10.2. The molecule has 0 heterocycles. The van der Waals surface area contributed by atoms with Gasteiger partial charge in [0.25, 0.3) is 0 Å². The number of carboxylic acids is 1. The smallest absolute Gasteiger partial charge is 0.337 e. The molecule has 6 nitrogen and oxygen atoms in total. The minimum Gasteiger partial charge on any atom is -0.478 e. The molecule has 0 radical (unpaired) electrons. The second-order valence-corrected chi connectivity index (χ2v) is 4.78. The van der Waals surface area contributed by atoms with E-state index < -0.39 is 12.0 Å². The summed E-state index contributed by atoms with van der Waals surface area (Å²) < 4.78 is 5.28. The van der Waals surface area contributed by atoms with Gasteiger partial charge in [0.1, 0.15) is 0 Å². The van der Waals surface area contributed by atoms with Crippen LogP contribution < -0.4 is 10.6 Å². The molecule has 3 N–H and O–H groups in total. The third-order valence-electron chi connectivity index (χ3n) is 2.56. The summed E-state index contributed by atoms with van der Waals surface area (Å²) in [6.07, 6.45) is 1.66. The van der Waals surface area contributed by atoms with Gasteiger partial charge in [-0.2, -0.15) is 0 Å². The average molecular weight is 315 g/mol. The van der Waals surface area contributed by atoms with Crippen molar-refractivity contribution in [2.24, 2.45) is 0 Å². The number of halogens is 1. The minimum atomic E-state index is -1.15. The van der Waals surface area contributed by atoms with Crippen molar-refractivity contribution < 1.29 is 19.4 Å². The van der Waals surface area contributed by atoms with Crippen molar-refractivity contribution in [3.05, 3.63) is 28.8 Å². The highest BCUT2D eigenvalue weighted by Crippen LogP contribution is 2.20. The Morgan fingerprint density at radius 1 is 1.33 bits per heavy atom. The Labute approximate surface area is 128 Å². The van der Waals surface area contributed by atoms with Gasteiger partial charge >= 0.3 is 12.0 Å². The zero-order chi connectivity index (χ0) is 15.7. The minimum absolute atomic E-state index is 0.0519. The molecule has 21 heavy (non-hydrogen) atoms. The summed E-state index contributed by atoms with van der Waals surface area (Å²) in [6.45, 7) is 3.76. The van der Waals surface area contributed by atoms with E-state index in [1.54, 1.807) is 0 Å². The Morgan fingerprint density at radius 2 is 2.10 bits per heavy atom. The molecule has 1 aromatic carbocycles. The molecule has 0 fully saturated rings. The molecule has 0 saturated carbocycles. The van der Waals surface area contributed by atoms with Gasteiger partial charge < -0.3 is 20.5 Å². The Kier molecular flexibility index (Phi) is 7.56. The Balaban J connectivity index is 2.43. The van der Waals surface area contributed by atoms with Crippen LogP contribution in [0.4, 0.5) is 10.5 Å². The van der Waals surface area contributed by atoms with Gasteiger partial charge in [0.2, 0.25) is 0 Å². The molecule has 0 aromatic heterocycles. The van der Waals surface area contributed by atoms with Crippen LogP contribution in [0.1, 0.15) is 30.1 Å². The lowest BCUT2D eigenvalue weighted by molar-refractivity contribution is 0.0698. The van der Waals surface area contributed by atoms with Crippen molar-refractivity contribution in [2.45, 2.75) is 19.8 Å². The number of aromatic carboxylic acids is 1. The summed E-state index contributed by atoms with van der Waals surface area (Å²) in [7, 11) is 0. The summed E-state index contributed by atoms with van der Waals surface area (Å²) in [6, 6.07) is 3.80. The number of carboxylic acid groups (broad SMARTS) is 1. The van der Waals surface area contributed by atoms with Crippen LogP contribution in [-0.2, 0) is 4.74 Å². The number of hydrogen-bond donors (Lipinski definition) is 3. The third-order valence-corrected chi connectivity index (χ3v) is 2.79. The molecule has 0 unspecified atom stereocenters. The van der Waals surface area contributed by atoms with Gasteiger partial charge in [0, 0.05) is 24.8 Å². The maximum Gasteiger partial charge on any atom is 0.337 e. The largest absolute Gasteiger partial charge is 0.478 e. The van der Waals surface area contributed by atoms with Gasteiger partial charge in [-0.1, -0.05) is 18.5 Å². The summed E-state index contributed by atoms with van der Waals surface area (Å²) in [4.78, 5) is 22.7. The van der Waals surface area contributed by atoms with Gasteiger partial charge in [-0.25, -0.2) is 9.59 Å². The Morgan fingerprint density at radius 3 is 2.76 bits per heavy atom.